The van der Waals surface area contributed by atoms with E-state index in [1.165, 1.54) is 24.3 Å². The van der Waals surface area contributed by atoms with Crippen molar-refractivity contribution in [3.8, 4) is 12.1 Å². The van der Waals surface area contributed by atoms with Gasteiger partial charge in [0.05, 0.1) is 5.75 Å². The lowest BCUT2D eigenvalue weighted by Gasteiger charge is -2.03. The third-order valence-corrected chi connectivity index (χ3v) is 4.10. The second kappa shape index (κ2) is 10.2. The molecule has 1 rings (SSSR count). The molecule has 0 saturated carbocycles. The van der Waals surface area contributed by atoms with Crippen molar-refractivity contribution in [2.24, 2.45) is 10.3 Å². The van der Waals surface area contributed by atoms with Gasteiger partial charge in [0, 0.05) is 11.1 Å². The van der Waals surface area contributed by atoms with E-state index >= 15 is 0 Å². The molecule has 1 aromatic rings. The zero-order valence-corrected chi connectivity index (χ0v) is 15.2. The molecule has 10 nitrogen and oxygen atoms in total. The summed E-state index contributed by atoms with van der Waals surface area (Å²) in [7, 11) is -3.90. The number of hydrogen-bond acceptors (Lipinski definition) is 9. The lowest BCUT2D eigenvalue weighted by atomic mass is 10.0. The molecule has 1 atom stereocenters. The third kappa shape index (κ3) is 6.98. The van der Waals surface area contributed by atoms with Gasteiger partial charge in [0.25, 0.3) is 0 Å². The van der Waals surface area contributed by atoms with Crippen LogP contribution in [0.15, 0.2) is 34.6 Å². The van der Waals surface area contributed by atoms with Crippen LogP contribution in [0.1, 0.15) is 30.9 Å². The summed E-state index contributed by atoms with van der Waals surface area (Å²) in [5, 5.41) is 24.8. The summed E-state index contributed by atoms with van der Waals surface area (Å²) >= 11 is -2.69. The molecule has 0 saturated heterocycles. The zero-order valence-electron chi connectivity index (χ0n) is 13.5. The van der Waals surface area contributed by atoms with Crippen LogP contribution in [0.5, 0.6) is 0 Å². The molecule has 12 heteroatoms. The van der Waals surface area contributed by atoms with Gasteiger partial charge in [0.2, 0.25) is 0 Å². The fraction of sp³-hybridized carbons (Fsp3) is 0.286. The van der Waals surface area contributed by atoms with Crippen LogP contribution >= 0.6 is 0 Å². The van der Waals surface area contributed by atoms with E-state index in [0.29, 0.717) is 12.8 Å². The third-order valence-electron chi connectivity index (χ3n) is 2.80. The smallest absolute Gasteiger partial charge is 0.273 e. The Morgan fingerprint density at radius 3 is 2.31 bits per heavy atom. The summed E-state index contributed by atoms with van der Waals surface area (Å²) in [6.45, 7) is 1.81. The van der Waals surface area contributed by atoms with Crippen molar-refractivity contribution in [3.63, 3.8) is 0 Å². The van der Waals surface area contributed by atoms with Crippen molar-refractivity contribution in [2.75, 3.05) is 5.75 Å². The highest BCUT2D eigenvalue weighted by Gasteiger charge is 2.13. The monoisotopic (exact) mass is 398 g/mol. The Kier molecular flexibility index (Phi) is 8.37. The highest BCUT2D eigenvalue weighted by atomic mass is 32.2. The molecule has 26 heavy (non-hydrogen) atoms. The molecule has 1 N–H and O–H groups in total. The van der Waals surface area contributed by atoms with Gasteiger partial charge in [0.1, 0.15) is 12.1 Å². The van der Waals surface area contributed by atoms with Gasteiger partial charge in [0.15, 0.2) is 11.4 Å². The van der Waals surface area contributed by atoms with E-state index in [1.807, 2.05) is 6.92 Å². The molecule has 0 aliphatic carbocycles. The number of nitriles is 2. The van der Waals surface area contributed by atoms with E-state index in [0.717, 1.165) is 0 Å². The predicted octanol–water partition coefficient (Wildman–Crippen LogP) is 1.44. The fourth-order valence-electron chi connectivity index (χ4n) is 1.61. The lowest BCUT2D eigenvalue weighted by Crippen LogP contribution is -2.10. The number of hydrogen-bond donors (Lipinski definition) is 1. The SMILES string of the molecule is CCCCS(=O)(=O)ON=C(C#N)c1cccc(C(C#N)=NOS(=O)O)c1. The van der Waals surface area contributed by atoms with Crippen molar-refractivity contribution in [1.29, 1.82) is 10.5 Å². The molecule has 1 unspecified atom stereocenters. The normalized spacial score (nSPS) is 13.4. The first-order valence-corrected chi connectivity index (χ1v) is 9.70. The van der Waals surface area contributed by atoms with Crippen LogP contribution in [0.4, 0.5) is 0 Å². The average Bonchev–Trinajstić information content (AvgIpc) is 2.61. The standard InChI is InChI=1S/C14H14N4O6S2/c1-2-3-7-26(21,22)24-18-14(10-16)12-6-4-5-11(8-12)13(9-15)17-23-25(19)20/h4-6,8H,2-3,7H2,1H3,(H,19,20). The molecular weight excluding hydrogens is 384 g/mol. The van der Waals surface area contributed by atoms with Gasteiger partial charge in [-0.25, -0.2) is 0 Å². The van der Waals surface area contributed by atoms with E-state index in [1.54, 1.807) is 12.1 Å². The molecule has 0 aromatic heterocycles. The summed E-state index contributed by atoms with van der Waals surface area (Å²) in [4.78, 5) is 0. The largest absolute Gasteiger partial charge is 0.378 e. The highest BCUT2D eigenvalue weighted by molar-refractivity contribution is 7.86. The van der Waals surface area contributed by atoms with Crippen molar-refractivity contribution in [3.05, 3.63) is 35.4 Å². The van der Waals surface area contributed by atoms with Gasteiger partial charge in [-0.1, -0.05) is 41.9 Å². The summed E-state index contributed by atoms with van der Waals surface area (Å²) in [5.74, 6) is -0.230. The van der Waals surface area contributed by atoms with Gasteiger partial charge < -0.3 is 0 Å². The number of rotatable bonds is 9. The first kappa shape index (κ1) is 21.2. The molecule has 0 radical (unpaired) electrons. The topological polar surface area (TPSA) is 162 Å². The number of unbranched alkanes of at least 4 members (excludes halogenated alkanes) is 1. The number of oxime groups is 2. The summed E-state index contributed by atoms with van der Waals surface area (Å²) in [6.07, 6.45) is 1.04. The second-order valence-corrected chi connectivity index (χ2v) is 6.92. The van der Waals surface area contributed by atoms with Crippen LogP contribution in [0.25, 0.3) is 0 Å². The molecule has 0 amide bonds. The fourth-order valence-corrected chi connectivity index (χ4v) is 2.65. The predicted molar refractivity (Wildman–Crippen MR) is 92.4 cm³/mol. The average molecular weight is 398 g/mol. The summed E-state index contributed by atoms with van der Waals surface area (Å²) in [5.41, 5.74) is -0.352. The molecule has 0 bridgehead atoms. The van der Waals surface area contributed by atoms with Crippen molar-refractivity contribution in [2.45, 2.75) is 19.8 Å². The Balaban J connectivity index is 3.12. The minimum atomic E-state index is -3.90. The van der Waals surface area contributed by atoms with Crippen LogP contribution in [-0.2, 0) is 30.0 Å². The van der Waals surface area contributed by atoms with Crippen molar-refractivity contribution >= 4 is 32.9 Å². The molecule has 0 heterocycles. The molecule has 0 aliphatic rings. The van der Waals surface area contributed by atoms with E-state index in [9.17, 15) is 12.6 Å². The Hall–Kier alpha value is -2.80. The molecule has 1 aromatic carbocycles. The van der Waals surface area contributed by atoms with Gasteiger partial charge in [-0.3, -0.25) is 13.1 Å². The van der Waals surface area contributed by atoms with Gasteiger partial charge in [-0.2, -0.15) is 23.2 Å². The van der Waals surface area contributed by atoms with Crippen molar-refractivity contribution < 1.29 is 25.7 Å². The minimum absolute atomic E-state index is 0.156. The van der Waals surface area contributed by atoms with Crippen LogP contribution < -0.4 is 0 Å². The van der Waals surface area contributed by atoms with E-state index in [4.69, 9.17) is 15.1 Å². The van der Waals surface area contributed by atoms with Crippen LogP contribution in [0, 0.1) is 22.7 Å². The molecule has 0 spiro atoms. The van der Waals surface area contributed by atoms with Crippen LogP contribution in [-0.4, -0.2) is 34.4 Å². The van der Waals surface area contributed by atoms with Gasteiger partial charge in [-0.05, 0) is 12.5 Å². The second-order valence-electron chi connectivity index (χ2n) is 4.67. The van der Waals surface area contributed by atoms with E-state index in [2.05, 4.69) is 18.9 Å². The Morgan fingerprint density at radius 2 is 1.81 bits per heavy atom. The maximum atomic E-state index is 11.6. The maximum Gasteiger partial charge on any atom is 0.378 e. The van der Waals surface area contributed by atoms with Crippen LogP contribution in [0.3, 0.4) is 0 Å². The molecule has 0 aliphatic heterocycles. The van der Waals surface area contributed by atoms with E-state index in [-0.39, 0.29) is 28.3 Å². The van der Waals surface area contributed by atoms with Crippen LogP contribution in [0.2, 0.25) is 0 Å². The van der Waals surface area contributed by atoms with Gasteiger partial charge in [-0.15, -0.1) is 0 Å². The summed E-state index contributed by atoms with van der Waals surface area (Å²) in [6, 6.07) is 8.99. The Morgan fingerprint density at radius 1 is 1.23 bits per heavy atom. The van der Waals surface area contributed by atoms with Gasteiger partial charge >= 0.3 is 21.5 Å². The zero-order chi connectivity index (χ0) is 19.6. The lowest BCUT2D eigenvalue weighted by molar-refractivity contribution is 0.326. The molecule has 138 valence electrons. The Bertz CT molecular complexity index is 912. The first-order chi connectivity index (χ1) is 12.3. The molecular formula is C14H14N4O6S2. The Labute approximate surface area is 152 Å². The first-order valence-electron chi connectivity index (χ1n) is 7.09. The van der Waals surface area contributed by atoms with Crippen molar-refractivity contribution in [1.82, 2.24) is 0 Å². The highest BCUT2D eigenvalue weighted by Crippen LogP contribution is 2.10. The quantitative estimate of drug-likeness (QED) is 0.371. The number of benzene rings is 1. The minimum Gasteiger partial charge on any atom is -0.273 e. The molecule has 0 fully saturated rings. The number of nitrogens with zero attached hydrogens (tertiary/aromatic N) is 4. The summed E-state index contributed by atoms with van der Waals surface area (Å²) < 4.78 is 50.9. The maximum absolute atomic E-state index is 11.6. The van der Waals surface area contributed by atoms with E-state index < -0.39 is 21.5 Å².